The molecule has 0 saturated heterocycles. The molecule has 188 valence electrons. The number of hydrogen-bond donors (Lipinski definition) is 1. The third-order valence-corrected chi connectivity index (χ3v) is 13.1. The van der Waals surface area contributed by atoms with Gasteiger partial charge >= 0.3 is 5.97 Å². The molecule has 8 aliphatic carbocycles. The lowest BCUT2D eigenvalue weighted by Gasteiger charge is -2.62. The van der Waals surface area contributed by atoms with E-state index in [0.29, 0.717) is 36.0 Å². The number of rotatable bonds is 3. The first kappa shape index (κ1) is 21.7. The summed E-state index contributed by atoms with van der Waals surface area (Å²) in [5.74, 6) is 8.38. The summed E-state index contributed by atoms with van der Waals surface area (Å²) >= 11 is 0. The van der Waals surface area contributed by atoms with E-state index in [1.807, 2.05) is 0 Å². The zero-order valence-corrected chi connectivity index (χ0v) is 21.1. The quantitative estimate of drug-likeness (QED) is 0.349. The molecule has 7 saturated carbocycles. The predicted molar refractivity (Wildman–Crippen MR) is 129 cm³/mol. The van der Waals surface area contributed by atoms with E-state index in [2.05, 4.69) is 0 Å². The van der Waals surface area contributed by atoms with Crippen molar-refractivity contribution < 1.29 is 22.5 Å². The van der Waals surface area contributed by atoms with Crippen molar-refractivity contribution in [2.24, 2.45) is 65.1 Å². The van der Waals surface area contributed by atoms with Crippen LogP contribution >= 0.6 is 0 Å². The first-order valence-electron chi connectivity index (χ1n) is 14.2. The Hall–Kier alpha value is -1.40. The monoisotopic (exact) mass is 496 g/mol. The van der Waals surface area contributed by atoms with Crippen LogP contribution in [0.1, 0.15) is 68.9 Å². The van der Waals surface area contributed by atoms with Crippen LogP contribution in [0.3, 0.4) is 0 Å². The van der Waals surface area contributed by atoms with Crippen LogP contribution in [0, 0.1) is 65.1 Å². The van der Waals surface area contributed by atoms with Crippen molar-refractivity contribution in [1.82, 2.24) is 0 Å². The van der Waals surface area contributed by atoms with Crippen LogP contribution in [0.2, 0.25) is 0 Å². The molecule has 1 aromatic rings. The Balaban J connectivity index is 1.14. The molecule has 0 aliphatic heterocycles. The lowest BCUT2D eigenvalue weighted by Crippen LogP contribution is -2.59. The van der Waals surface area contributed by atoms with Gasteiger partial charge in [-0.1, -0.05) is 0 Å². The summed E-state index contributed by atoms with van der Waals surface area (Å²) in [6, 6.07) is 3.06. The normalized spacial score (nSPS) is 46.4. The average molecular weight is 497 g/mol. The highest BCUT2D eigenvalue weighted by Gasteiger charge is 2.70. The minimum atomic E-state index is -4.29. The molecule has 0 radical (unpaired) electrons. The molecule has 35 heavy (non-hydrogen) atoms. The van der Waals surface area contributed by atoms with Crippen LogP contribution in [0.15, 0.2) is 17.0 Å². The summed E-state index contributed by atoms with van der Waals surface area (Å²) in [6.45, 7) is 0. The molecule has 0 heterocycles. The number of ether oxygens (including phenoxy) is 1. The summed E-state index contributed by atoms with van der Waals surface area (Å²) in [4.78, 5) is 13.9. The maximum absolute atomic E-state index is 13.9. The summed E-state index contributed by atoms with van der Waals surface area (Å²) in [5.41, 5.74) is 1.46. The zero-order valence-electron chi connectivity index (χ0n) is 20.3. The van der Waals surface area contributed by atoms with Gasteiger partial charge in [-0.25, -0.2) is 0 Å². The highest BCUT2D eigenvalue weighted by Crippen LogP contribution is 2.75. The van der Waals surface area contributed by atoms with Crippen LogP contribution < -0.4 is 4.74 Å². The number of carbonyl (C=O) groups excluding carboxylic acids is 1. The molecule has 9 rings (SSSR count). The number of fused-ring (bicyclic) bond motifs is 6. The van der Waals surface area contributed by atoms with E-state index in [9.17, 15) is 17.8 Å². The van der Waals surface area contributed by atoms with Gasteiger partial charge in [-0.2, -0.15) is 8.42 Å². The molecule has 0 aromatic heterocycles. The standard InChI is InChI=1S/C29H36O5S/c30-29(34-22-9-10-23(35(31,32)33)19-4-2-1-3-18(19)22)21-13-20-24-14-5-7-16(11-14)26(24)28(21)27-17-8-6-15(12-17)25(20)27/h9-10,14-17,20-21,24-28H,1-8,11-13H2,(H,31,32,33). The van der Waals surface area contributed by atoms with Gasteiger partial charge in [0.2, 0.25) is 0 Å². The van der Waals surface area contributed by atoms with E-state index in [0.717, 1.165) is 72.2 Å². The average Bonchev–Trinajstić information content (AvgIpc) is 3.65. The zero-order chi connectivity index (χ0) is 23.6. The molecule has 5 nitrogen and oxygen atoms in total. The second-order valence-corrected chi connectivity index (χ2v) is 14.6. The van der Waals surface area contributed by atoms with Gasteiger partial charge in [0.25, 0.3) is 10.1 Å². The second kappa shape index (κ2) is 7.34. The molecular weight excluding hydrogens is 460 g/mol. The Bertz CT molecular complexity index is 1170. The van der Waals surface area contributed by atoms with Gasteiger partial charge in [0.1, 0.15) is 5.75 Å². The molecule has 9 unspecified atom stereocenters. The Labute approximate surface area is 208 Å². The first-order chi connectivity index (χ1) is 16.9. The van der Waals surface area contributed by atoms with Crippen LogP contribution in [0.5, 0.6) is 5.75 Å². The molecular formula is C29H36O5S. The largest absolute Gasteiger partial charge is 0.426 e. The van der Waals surface area contributed by atoms with Crippen molar-refractivity contribution in [1.29, 1.82) is 0 Å². The highest BCUT2D eigenvalue weighted by molar-refractivity contribution is 7.85. The SMILES string of the molecule is O=C(Oc1ccc(S(=O)(=O)O)c2c1CCCC2)C1CC2C3C4CCC(C4)C3C1C1C3CCC(C3)C21. The number of benzene rings is 1. The summed E-state index contributed by atoms with van der Waals surface area (Å²) in [5, 5.41) is 0. The van der Waals surface area contributed by atoms with Crippen molar-refractivity contribution in [2.75, 3.05) is 0 Å². The van der Waals surface area contributed by atoms with Gasteiger partial charge in [-0.15, -0.1) is 0 Å². The maximum Gasteiger partial charge on any atom is 0.314 e. The molecule has 1 N–H and O–H groups in total. The summed E-state index contributed by atoms with van der Waals surface area (Å²) < 4.78 is 39.9. The lowest BCUT2D eigenvalue weighted by molar-refractivity contribution is -0.175. The molecule has 1 aromatic carbocycles. The molecule has 9 atom stereocenters. The van der Waals surface area contributed by atoms with E-state index < -0.39 is 10.1 Å². The topological polar surface area (TPSA) is 80.7 Å². The minimum Gasteiger partial charge on any atom is -0.426 e. The fourth-order valence-electron chi connectivity index (χ4n) is 11.6. The first-order valence-corrected chi connectivity index (χ1v) is 15.7. The molecule has 7 fully saturated rings. The van der Waals surface area contributed by atoms with Crippen LogP contribution in [-0.4, -0.2) is 18.9 Å². The van der Waals surface area contributed by atoms with Gasteiger partial charge in [-0.3, -0.25) is 9.35 Å². The van der Waals surface area contributed by atoms with E-state index >= 15 is 0 Å². The number of hydrogen-bond acceptors (Lipinski definition) is 4. The van der Waals surface area contributed by atoms with Crippen molar-refractivity contribution in [2.45, 2.75) is 75.5 Å². The third-order valence-electron chi connectivity index (χ3n) is 12.2. The second-order valence-electron chi connectivity index (χ2n) is 13.2. The number of carbonyl (C=O) groups is 1. The molecule has 6 bridgehead atoms. The van der Waals surface area contributed by atoms with Gasteiger partial charge in [0, 0.05) is 0 Å². The predicted octanol–water partition coefficient (Wildman–Crippen LogP) is 5.31. The summed E-state index contributed by atoms with van der Waals surface area (Å²) in [6.07, 6.45) is 12.5. The van der Waals surface area contributed by atoms with Gasteiger partial charge in [0.15, 0.2) is 0 Å². The van der Waals surface area contributed by atoms with Crippen LogP contribution in [0.4, 0.5) is 0 Å². The van der Waals surface area contributed by atoms with Gasteiger partial charge in [-0.05, 0) is 153 Å². The Morgan fingerprint density at radius 1 is 0.771 bits per heavy atom. The molecule has 6 heteroatoms. The van der Waals surface area contributed by atoms with Crippen molar-refractivity contribution in [3.8, 4) is 5.75 Å². The highest BCUT2D eigenvalue weighted by atomic mass is 32.2. The lowest BCUT2D eigenvalue weighted by atomic mass is 9.42. The van der Waals surface area contributed by atoms with E-state index in [4.69, 9.17) is 4.74 Å². The summed E-state index contributed by atoms with van der Waals surface area (Å²) in [7, 11) is -4.29. The fourth-order valence-corrected chi connectivity index (χ4v) is 12.3. The van der Waals surface area contributed by atoms with Crippen molar-refractivity contribution >= 4 is 16.1 Å². The third kappa shape index (κ3) is 2.90. The van der Waals surface area contributed by atoms with Gasteiger partial charge < -0.3 is 4.74 Å². The van der Waals surface area contributed by atoms with Gasteiger partial charge in [0.05, 0.1) is 10.8 Å². The van der Waals surface area contributed by atoms with Crippen LogP contribution in [-0.2, 0) is 27.8 Å². The smallest absolute Gasteiger partial charge is 0.314 e. The maximum atomic E-state index is 13.9. The van der Waals surface area contributed by atoms with E-state index in [1.54, 1.807) is 6.07 Å². The van der Waals surface area contributed by atoms with Crippen LogP contribution in [0.25, 0.3) is 0 Å². The number of esters is 1. The molecule has 0 amide bonds. The Kier molecular flexibility index (Phi) is 4.54. The molecule has 8 aliphatic rings. The van der Waals surface area contributed by atoms with Crippen molar-refractivity contribution in [3.63, 3.8) is 0 Å². The Morgan fingerprint density at radius 2 is 1.34 bits per heavy atom. The van der Waals surface area contributed by atoms with E-state index in [-0.39, 0.29) is 16.8 Å². The minimum absolute atomic E-state index is 0.00157. The van der Waals surface area contributed by atoms with Crippen molar-refractivity contribution in [3.05, 3.63) is 23.3 Å². The van der Waals surface area contributed by atoms with E-state index in [1.165, 1.54) is 44.6 Å². The molecule has 0 spiro atoms. The Morgan fingerprint density at radius 3 is 1.94 bits per heavy atom. The fraction of sp³-hybridized carbons (Fsp3) is 0.759.